The summed E-state index contributed by atoms with van der Waals surface area (Å²) in [4.78, 5) is 25.5. The standard InChI is InChI=1S/C16H20N4O3/c1-10(2)13-17-18-14-12(4-3-7-20(13)14)15(21)19-8-5-11(6-9-19)16(22)23/h3-4,7,10-11H,5-6,8-9H2,1-2H3,(H,22,23). The first kappa shape index (κ1) is 15.5. The third kappa shape index (κ3) is 2.78. The number of hydrogen-bond donors (Lipinski definition) is 1. The zero-order valence-corrected chi connectivity index (χ0v) is 13.3. The van der Waals surface area contributed by atoms with E-state index in [9.17, 15) is 9.59 Å². The van der Waals surface area contributed by atoms with Crippen molar-refractivity contribution in [3.05, 3.63) is 29.7 Å². The van der Waals surface area contributed by atoms with Gasteiger partial charge in [0.25, 0.3) is 5.91 Å². The van der Waals surface area contributed by atoms with E-state index in [2.05, 4.69) is 10.2 Å². The topological polar surface area (TPSA) is 87.8 Å². The summed E-state index contributed by atoms with van der Waals surface area (Å²) >= 11 is 0. The molecule has 0 radical (unpaired) electrons. The third-order valence-electron chi connectivity index (χ3n) is 4.34. The molecular weight excluding hydrogens is 296 g/mol. The smallest absolute Gasteiger partial charge is 0.306 e. The fraction of sp³-hybridized carbons (Fsp3) is 0.500. The van der Waals surface area contributed by atoms with Gasteiger partial charge in [-0.15, -0.1) is 10.2 Å². The zero-order valence-electron chi connectivity index (χ0n) is 13.3. The fourth-order valence-corrected chi connectivity index (χ4v) is 2.99. The minimum absolute atomic E-state index is 0.109. The largest absolute Gasteiger partial charge is 0.481 e. The molecule has 2 aromatic heterocycles. The second-order valence-corrected chi connectivity index (χ2v) is 6.23. The Morgan fingerprint density at radius 1 is 1.26 bits per heavy atom. The molecule has 0 aromatic carbocycles. The van der Waals surface area contributed by atoms with Crippen LogP contribution in [0.25, 0.3) is 5.65 Å². The molecule has 122 valence electrons. The van der Waals surface area contributed by atoms with Crippen LogP contribution in [-0.4, -0.2) is 49.6 Å². The normalized spacial score (nSPS) is 16.2. The van der Waals surface area contributed by atoms with E-state index in [-0.39, 0.29) is 17.7 Å². The highest BCUT2D eigenvalue weighted by Crippen LogP contribution is 2.22. The molecule has 3 rings (SSSR count). The number of aliphatic carboxylic acids is 1. The molecule has 0 saturated carbocycles. The predicted molar refractivity (Wildman–Crippen MR) is 83.3 cm³/mol. The van der Waals surface area contributed by atoms with Gasteiger partial charge in [-0.05, 0) is 25.0 Å². The van der Waals surface area contributed by atoms with Crippen molar-refractivity contribution >= 4 is 17.5 Å². The molecule has 0 unspecified atom stereocenters. The second kappa shape index (κ2) is 5.98. The number of fused-ring (bicyclic) bond motifs is 1. The van der Waals surface area contributed by atoms with Gasteiger partial charge in [-0.3, -0.25) is 14.0 Å². The highest BCUT2D eigenvalue weighted by molar-refractivity contribution is 5.99. The van der Waals surface area contributed by atoms with Crippen LogP contribution in [0, 0.1) is 5.92 Å². The molecular formula is C16H20N4O3. The molecule has 3 heterocycles. The van der Waals surface area contributed by atoms with Crippen molar-refractivity contribution in [1.29, 1.82) is 0 Å². The summed E-state index contributed by atoms with van der Waals surface area (Å²) in [6.45, 7) is 4.98. The Labute approximate surface area is 133 Å². The Hall–Kier alpha value is -2.44. The van der Waals surface area contributed by atoms with Crippen molar-refractivity contribution in [3.8, 4) is 0 Å². The summed E-state index contributed by atoms with van der Waals surface area (Å²) in [5.74, 6) is -0.211. The Bertz CT molecular complexity index is 745. The summed E-state index contributed by atoms with van der Waals surface area (Å²) in [6.07, 6.45) is 2.85. The predicted octanol–water partition coefficient (Wildman–Crippen LogP) is 1.79. The van der Waals surface area contributed by atoms with Gasteiger partial charge in [-0.25, -0.2) is 0 Å². The van der Waals surface area contributed by atoms with Crippen molar-refractivity contribution < 1.29 is 14.7 Å². The van der Waals surface area contributed by atoms with Gasteiger partial charge in [0.15, 0.2) is 5.65 Å². The van der Waals surface area contributed by atoms with Gasteiger partial charge >= 0.3 is 5.97 Å². The average Bonchev–Trinajstić information content (AvgIpc) is 2.98. The molecule has 1 amide bonds. The Balaban J connectivity index is 1.86. The SMILES string of the molecule is CC(C)c1nnc2c(C(=O)N3CCC(C(=O)O)CC3)cccn12. The molecule has 0 aliphatic carbocycles. The number of carbonyl (C=O) groups is 2. The van der Waals surface area contributed by atoms with E-state index in [1.807, 2.05) is 30.5 Å². The van der Waals surface area contributed by atoms with Gasteiger partial charge in [0.2, 0.25) is 0 Å². The molecule has 1 saturated heterocycles. The van der Waals surface area contributed by atoms with Crippen molar-refractivity contribution in [3.63, 3.8) is 0 Å². The van der Waals surface area contributed by atoms with Crippen LogP contribution < -0.4 is 0 Å². The molecule has 23 heavy (non-hydrogen) atoms. The molecule has 1 aliphatic rings. The fourth-order valence-electron chi connectivity index (χ4n) is 2.99. The summed E-state index contributed by atoms with van der Waals surface area (Å²) < 4.78 is 1.85. The van der Waals surface area contributed by atoms with Crippen molar-refractivity contribution in [1.82, 2.24) is 19.5 Å². The molecule has 7 nitrogen and oxygen atoms in total. The maximum Gasteiger partial charge on any atom is 0.306 e. The first-order chi connectivity index (χ1) is 11.0. The zero-order chi connectivity index (χ0) is 16.6. The number of likely N-dealkylation sites (tertiary alicyclic amines) is 1. The van der Waals surface area contributed by atoms with Crippen LogP contribution >= 0.6 is 0 Å². The number of amides is 1. The van der Waals surface area contributed by atoms with E-state index >= 15 is 0 Å². The highest BCUT2D eigenvalue weighted by Gasteiger charge is 2.28. The van der Waals surface area contributed by atoms with Crippen LogP contribution in [0.4, 0.5) is 0 Å². The van der Waals surface area contributed by atoms with E-state index in [1.165, 1.54) is 0 Å². The lowest BCUT2D eigenvalue weighted by Gasteiger charge is -2.30. The van der Waals surface area contributed by atoms with Gasteiger partial charge in [-0.1, -0.05) is 13.8 Å². The Kier molecular flexibility index (Phi) is 4.02. The number of nitrogens with zero attached hydrogens (tertiary/aromatic N) is 4. The van der Waals surface area contributed by atoms with Crippen molar-refractivity contribution in [2.45, 2.75) is 32.6 Å². The van der Waals surface area contributed by atoms with Gasteiger partial charge in [0.1, 0.15) is 5.82 Å². The quantitative estimate of drug-likeness (QED) is 0.932. The van der Waals surface area contributed by atoms with E-state index < -0.39 is 5.97 Å². The molecule has 0 atom stereocenters. The lowest BCUT2D eigenvalue weighted by Crippen LogP contribution is -2.40. The van der Waals surface area contributed by atoms with Crippen LogP contribution in [0.1, 0.15) is 48.8 Å². The number of carboxylic acids is 1. The van der Waals surface area contributed by atoms with E-state index in [0.717, 1.165) is 5.82 Å². The van der Waals surface area contributed by atoms with Crippen LogP contribution in [0.5, 0.6) is 0 Å². The third-order valence-corrected chi connectivity index (χ3v) is 4.34. The summed E-state index contributed by atoms with van der Waals surface area (Å²) in [6, 6.07) is 3.57. The number of pyridine rings is 1. The minimum atomic E-state index is -0.779. The maximum atomic E-state index is 12.8. The van der Waals surface area contributed by atoms with Crippen LogP contribution in [0.3, 0.4) is 0 Å². The summed E-state index contributed by atoms with van der Waals surface area (Å²) in [5, 5.41) is 17.4. The molecule has 1 fully saturated rings. The first-order valence-electron chi connectivity index (χ1n) is 7.84. The molecule has 1 N–H and O–H groups in total. The molecule has 2 aromatic rings. The van der Waals surface area contributed by atoms with Gasteiger partial charge in [0, 0.05) is 25.2 Å². The van der Waals surface area contributed by atoms with E-state index in [0.29, 0.717) is 37.1 Å². The molecule has 0 bridgehead atoms. The van der Waals surface area contributed by atoms with Crippen LogP contribution in [0.15, 0.2) is 18.3 Å². The van der Waals surface area contributed by atoms with Crippen molar-refractivity contribution in [2.24, 2.45) is 5.92 Å². The lowest BCUT2D eigenvalue weighted by molar-refractivity contribution is -0.143. The molecule has 0 spiro atoms. The number of carbonyl (C=O) groups excluding carboxylic acids is 1. The number of piperidine rings is 1. The molecule has 1 aliphatic heterocycles. The number of hydrogen-bond acceptors (Lipinski definition) is 4. The number of aromatic nitrogens is 3. The average molecular weight is 316 g/mol. The number of rotatable bonds is 3. The van der Waals surface area contributed by atoms with Crippen molar-refractivity contribution in [2.75, 3.05) is 13.1 Å². The monoisotopic (exact) mass is 316 g/mol. The second-order valence-electron chi connectivity index (χ2n) is 6.23. The van der Waals surface area contributed by atoms with Crippen LogP contribution in [-0.2, 0) is 4.79 Å². The Morgan fingerprint density at radius 3 is 2.57 bits per heavy atom. The van der Waals surface area contributed by atoms with E-state index in [1.54, 1.807) is 11.0 Å². The number of carboxylic acid groups (broad SMARTS) is 1. The minimum Gasteiger partial charge on any atom is -0.481 e. The van der Waals surface area contributed by atoms with E-state index in [4.69, 9.17) is 5.11 Å². The van der Waals surface area contributed by atoms with Gasteiger partial charge < -0.3 is 10.0 Å². The van der Waals surface area contributed by atoms with Gasteiger partial charge in [0.05, 0.1) is 11.5 Å². The molecule has 7 heteroatoms. The summed E-state index contributed by atoms with van der Waals surface area (Å²) in [7, 11) is 0. The lowest BCUT2D eigenvalue weighted by atomic mass is 9.96. The Morgan fingerprint density at radius 2 is 1.96 bits per heavy atom. The first-order valence-corrected chi connectivity index (χ1v) is 7.84. The van der Waals surface area contributed by atoms with Crippen LogP contribution in [0.2, 0.25) is 0 Å². The summed E-state index contributed by atoms with van der Waals surface area (Å²) in [5.41, 5.74) is 1.07. The van der Waals surface area contributed by atoms with Gasteiger partial charge in [-0.2, -0.15) is 0 Å². The highest BCUT2D eigenvalue weighted by atomic mass is 16.4. The maximum absolute atomic E-state index is 12.8.